The van der Waals surface area contributed by atoms with Crippen molar-refractivity contribution in [1.82, 2.24) is 0 Å². The summed E-state index contributed by atoms with van der Waals surface area (Å²) in [7, 11) is 0. The molecule has 0 aromatic heterocycles. The Balaban J connectivity index is 2.03. The standard InChI is InChI=1S/C17H13N3O3/c18-16(22)15-14(10-11-6-8-13(21)9-7-11)17(23)20(19-15)12-4-2-1-3-5-12/h1-10,21H,(H2,18,22)/b14-10+. The number of nitrogens with two attached hydrogens (primary N) is 1. The van der Waals surface area contributed by atoms with Gasteiger partial charge >= 0.3 is 0 Å². The fraction of sp³-hybridized carbons (Fsp3) is 0. The number of rotatable bonds is 3. The van der Waals surface area contributed by atoms with Crippen molar-refractivity contribution < 1.29 is 14.7 Å². The van der Waals surface area contributed by atoms with Gasteiger partial charge in [-0.05, 0) is 35.9 Å². The fourth-order valence-electron chi connectivity index (χ4n) is 2.21. The Hall–Kier alpha value is -3.41. The van der Waals surface area contributed by atoms with Gasteiger partial charge in [0.2, 0.25) is 0 Å². The topological polar surface area (TPSA) is 96.0 Å². The van der Waals surface area contributed by atoms with Gasteiger partial charge in [-0.3, -0.25) is 9.59 Å². The second kappa shape index (κ2) is 5.76. The summed E-state index contributed by atoms with van der Waals surface area (Å²) in [5, 5.41) is 14.5. The van der Waals surface area contributed by atoms with Crippen LogP contribution >= 0.6 is 0 Å². The molecule has 0 radical (unpaired) electrons. The highest BCUT2D eigenvalue weighted by Gasteiger charge is 2.33. The van der Waals surface area contributed by atoms with Gasteiger partial charge in [0.25, 0.3) is 11.8 Å². The fourth-order valence-corrected chi connectivity index (χ4v) is 2.21. The maximum atomic E-state index is 12.6. The monoisotopic (exact) mass is 307 g/mol. The van der Waals surface area contributed by atoms with Crippen LogP contribution in [0.5, 0.6) is 5.75 Å². The SMILES string of the molecule is NC(=O)C1=NN(c2ccccc2)C(=O)/C1=C/c1ccc(O)cc1. The second-order valence-corrected chi connectivity index (χ2v) is 4.91. The van der Waals surface area contributed by atoms with E-state index in [-0.39, 0.29) is 17.0 Å². The summed E-state index contributed by atoms with van der Waals surface area (Å²) in [5.74, 6) is -1.10. The Morgan fingerprint density at radius 3 is 2.35 bits per heavy atom. The first-order valence-corrected chi connectivity index (χ1v) is 6.85. The molecule has 6 heteroatoms. The van der Waals surface area contributed by atoms with Gasteiger partial charge in [0, 0.05) is 0 Å². The van der Waals surface area contributed by atoms with Gasteiger partial charge in [-0.25, -0.2) is 0 Å². The molecule has 2 aromatic rings. The molecule has 0 bridgehead atoms. The Labute approximate surface area is 132 Å². The van der Waals surface area contributed by atoms with E-state index in [0.29, 0.717) is 11.3 Å². The summed E-state index contributed by atoms with van der Waals surface area (Å²) >= 11 is 0. The van der Waals surface area contributed by atoms with E-state index in [4.69, 9.17) is 5.73 Å². The smallest absolute Gasteiger partial charge is 0.281 e. The Morgan fingerprint density at radius 1 is 1.09 bits per heavy atom. The number of carbonyl (C=O) groups excluding carboxylic acids is 2. The predicted octanol–water partition coefficient (Wildman–Crippen LogP) is 1.66. The second-order valence-electron chi connectivity index (χ2n) is 4.91. The van der Waals surface area contributed by atoms with Crippen LogP contribution in [0.2, 0.25) is 0 Å². The minimum Gasteiger partial charge on any atom is -0.508 e. The highest BCUT2D eigenvalue weighted by Crippen LogP contribution is 2.25. The molecule has 1 aliphatic rings. The summed E-state index contributed by atoms with van der Waals surface area (Å²) in [6.07, 6.45) is 1.52. The van der Waals surface area contributed by atoms with Crippen molar-refractivity contribution in [3.63, 3.8) is 0 Å². The zero-order valence-corrected chi connectivity index (χ0v) is 12.0. The number of primary amides is 1. The average Bonchev–Trinajstić information content (AvgIpc) is 2.88. The number of amides is 2. The summed E-state index contributed by atoms with van der Waals surface area (Å²) < 4.78 is 0. The number of anilines is 1. The zero-order chi connectivity index (χ0) is 16.4. The van der Waals surface area contributed by atoms with Crippen LogP contribution < -0.4 is 10.7 Å². The third-order valence-electron chi connectivity index (χ3n) is 3.32. The van der Waals surface area contributed by atoms with Crippen molar-refractivity contribution >= 4 is 29.3 Å². The minimum absolute atomic E-state index is 0.0908. The summed E-state index contributed by atoms with van der Waals surface area (Å²) in [4.78, 5) is 24.2. The number of nitrogens with zero attached hydrogens (tertiary/aromatic N) is 2. The molecule has 0 fully saturated rings. The molecule has 0 spiro atoms. The highest BCUT2D eigenvalue weighted by molar-refractivity contribution is 6.55. The van der Waals surface area contributed by atoms with E-state index in [1.165, 1.54) is 18.2 Å². The van der Waals surface area contributed by atoms with Crippen LogP contribution in [-0.2, 0) is 9.59 Å². The molecule has 0 saturated carbocycles. The van der Waals surface area contributed by atoms with Crippen LogP contribution in [0, 0.1) is 0 Å². The van der Waals surface area contributed by atoms with E-state index in [1.54, 1.807) is 36.4 Å². The molecule has 1 aliphatic heterocycles. The average molecular weight is 307 g/mol. The first-order chi connectivity index (χ1) is 11.1. The lowest BCUT2D eigenvalue weighted by atomic mass is 10.1. The Kier molecular flexibility index (Phi) is 3.64. The van der Waals surface area contributed by atoms with Crippen molar-refractivity contribution in [3.8, 4) is 5.75 Å². The van der Waals surface area contributed by atoms with Gasteiger partial charge in [-0.15, -0.1) is 0 Å². The van der Waals surface area contributed by atoms with Crippen molar-refractivity contribution in [3.05, 3.63) is 65.7 Å². The van der Waals surface area contributed by atoms with Crippen LogP contribution in [0.3, 0.4) is 0 Å². The van der Waals surface area contributed by atoms with Crippen LogP contribution in [-0.4, -0.2) is 22.6 Å². The van der Waals surface area contributed by atoms with Crippen LogP contribution in [0.1, 0.15) is 5.56 Å². The van der Waals surface area contributed by atoms with Crippen LogP contribution in [0.25, 0.3) is 6.08 Å². The van der Waals surface area contributed by atoms with E-state index >= 15 is 0 Å². The first-order valence-electron chi connectivity index (χ1n) is 6.85. The summed E-state index contributed by atoms with van der Waals surface area (Å²) in [5.41, 5.74) is 6.56. The van der Waals surface area contributed by atoms with Gasteiger partial charge in [0.1, 0.15) is 5.75 Å². The molecule has 2 aromatic carbocycles. The minimum atomic E-state index is -0.776. The van der Waals surface area contributed by atoms with E-state index in [9.17, 15) is 14.7 Å². The van der Waals surface area contributed by atoms with E-state index in [0.717, 1.165) is 5.01 Å². The van der Waals surface area contributed by atoms with E-state index in [2.05, 4.69) is 5.10 Å². The van der Waals surface area contributed by atoms with Crippen molar-refractivity contribution in [2.75, 3.05) is 5.01 Å². The van der Waals surface area contributed by atoms with Crippen molar-refractivity contribution in [2.45, 2.75) is 0 Å². The molecule has 2 amide bonds. The van der Waals surface area contributed by atoms with E-state index < -0.39 is 11.8 Å². The van der Waals surface area contributed by atoms with Crippen molar-refractivity contribution in [1.29, 1.82) is 0 Å². The number of carbonyl (C=O) groups is 2. The molecule has 0 aliphatic carbocycles. The maximum Gasteiger partial charge on any atom is 0.281 e. The third kappa shape index (κ3) is 2.82. The Bertz CT molecular complexity index is 824. The number of phenols is 1. The quantitative estimate of drug-likeness (QED) is 0.844. The largest absolute Gasteiger partial charge is 0.508 e. The molecule has 1 heterocycles. The molecular weight excluding hydrogens is 294 g/mol. The number of benzene rings is 2. The molecular formula is C17H13N3O3. The molecule has 23 heavy (non-hydrogen) atoms. The summed E-state index contributed by atoms with van der Waals surface area (Å²) in [6.45, 7) is 0. The predicted molar refractivity (Wildman–Crippen MR) is 86.6 cm³/mol. The number of aromatic hydroxyl groups is 1. The first kappa shape index (κ1) is 14.5. The number of para-hydroxylation sites is 1. The molecule has 3 N–H and O–H groups in total. The molecule has 0 atom stereocenters. The van der Waals surface area contributed by atoms with E-state index in [1.807, 2.05) is 6.07 Å². The number of hydrazone groups is 1. The van der Waals surface area contributed by atoms with Gasteiger partial charge in [0.15, 0.2) is 5.71 Å². The van der Waals surface area contributed by atoms with Crippen LogP contribution in [0.15, 0.2) is 65.3 Å². The molecule has 0 unspecified atom stereocenters. The third-order valence-corrected chi connectivity index (χ3v) is 3.32. The Morgan fingerprint density at radius 2 is 1.74 bits per heavy atom. The molecule has 6 nitrogen and oxygen atoms in total. The van der Waals surface area contributed by atoms with Crippen LogP contribution in [0.4, 0.5) is 5.69 Å². The van der Waals surface area contributed by atoms with Gasteiger partial charge < -0.3 is 10.8 Å². The normalized spacial score (nSPS) is 15.8. The number of hydrogen-bond acceptors (Lipinski definition) is 4. The highest BCUT2D eigenvalue weighted by atomic mass is 16.3. The maximum absolute atomic E-state index is 12.6. The van der Waals surface area contributed by atoms with Gasteiger partial charge in [0.05, 0.1) is 11.3 Å². The lowest BCUT2D eigenvalue weighted by molar-refractivity contribution is -0.115. The molecule has 0 saturated heterocycles. The molecule has 3 rings (SSSR count). The summed E-state index contributed by atoms with van der Waals surface area (Å²) in [6, 6.07) is 15.0. The molecule has 114 valence electrons. The lowest BCUT2D eigenvalue weighted by Gasteiger charge is -2.10. The van der Waals surface area contributed by atoms with Gasteiger partial charge in [-0.2, -0.15) is 10.1 Å². The number of hydrogen-bond donors (Lipinski definition) is 2. The van der Waals surface area contributed by atoms with Crippen molar-refractivity contribution in [2.24, 2.45) is 10.8 Å². The lowest BCUT2D eigenvalue weighted by Crippen LogP contribution is -2.25. The zero-order valence-electron chi connectivity index (χ0n) is 12.0. The number of phenolic OH excluding ortho intramolecular Hbond substituents is 1. The van der Waals surface area contributed by atoms with Gasteiger partial charge in [-0.1, -0.05) is 30.3 Å².